The summed E-state index contributed by atoms with van der Waals surface area (Å²) in [7, 11) is 0. The number of carbonyl (C=O) groups excluding carboxylic acids is 1. The van der Waals surface area contributed by atoms with Gasteiger partial charge in [0.05, 0.1) is 5.56 Å². The summed E-state index contributed by atoms with van der Waals surface area (Å²) < 4.78 is 37.6. The smallest absolute Gasteiger partial charge is 0.352 e. The van der Waals surface area contributed by atoms with Crippen LogP contribution in [0.25, 0.3) is 0 Å². The minimum Gasteiger partial charge on any atom is -0.352 e. The van der Waals surface area contributed by atoms with Crippen LogP contribution in [0.15, 0.2) is 24.3 Å². The third kappa shape index (κ3) is 6.03. The maximum atomic E-state index is 12.5. The fourth-order valence-corrected chi connectivity index (χ4v) is 2.66. The highest BCUT2D eigenvalue weighted by Crippen LogP contribution is 2.30. The summed E-state index contributed by atoms with van der Waals surface area (Å²) in [5.41, 5.74) is 0.0751. The zero-order valence-electron chi connectivity index (χ0n) is 13.0. The Kier molecular flexibility index (Phi) is 7.35. The first-order valence-electron chi connectivity index (χ1n) is 7.53. The number of benzene rings is 1. The van der Waals surface area contributed by atoms with Gasteiger partial charge in [0, 0.05) is 19.0 Å². The summed E-state index contributed by atoms with van der Waals surface area (Å²) in [6.07, 6.45) is -2.04. The lowest BCUT2D eigenvalue weighted by molar-refractivity contribution is -0.137. The van der Waals surface area contributed by atoms with E-state index in [1.165, 1.54) is 12.1 Å². The lowest BCUT2D eigenvalue weighted by Gasteiger charge is -2.24. The number of hydrogen-bond acceptors (Lipinski definition) is 2. The number of nitrogens with one attached hydrogen (secondary N) is 2. The van der Waals surface area contributed by atoms with E-state index in [9.17, 15) is 18.0 Å². The minimum absolute atomic E-state index is 0. The summed E-state index contributed by atoms with van der Waals surface area (Å²) in [5.74, 6) is -0.167. The van der Waals surface area contributed by atoms with E-state index >= 15 is 0 Å². The van der Waals surface area contributed by atoms with Crippen LogP contribution in [-0.4, -0.2) is 25.0 Å². The standard InChI is InChI=1S/C16H21F3N2O.ClH/c1-11(9-15(22)21-14-3-2-8-20-10-14)12-4-6-13(7-5-12)16(17,18)19;/h4-7,11,14,20H,2-3,8-10H2,1H3,(H,21,22);1H/t11?,14-;/m0./s1. The quantitative estimate of drug-likeness (QED) is 0.872. The molecule has 0 radical (unpaired) electrons. The van der Waals surface area contributed by atoms with Gasteiger partial charge in [-0.05, 0) is 43.0 Å². The minimum atomic E-state index is -4.33. The molecule has 0 bridgehead atoms. The van der Waals surface area contributed by atoms with Crippen molar-refractivity contribution in [3.8, 4) is 0 Å². The predicted octanol–water partition coefficient (Wildman–Crippen LogP) is 3.49. The van der Waals surface area contributed by atoms with E-state index < -0.39 is 11.7 Å². The molecular weight excluding hydrogens is 329 g/mol. The second kappa shape index (κ2) is 8.55. The number of amides is 1. The van der Waals surface area contributed by atoms with Crippen molar-refractivity contribution in [1.29, 1.82) is 0 Å². The van der Waals surface area contributed by atoms with Crippen LogP contribution < -0.4 is 10.6 Å². The molecular formula is C16H22ClF3N2O. The summed E-state index contributed by atoms with van der Waals surface area (Å²) >= 11 is 0. The number of piperidine rings is 1. The first-order chi connectivity index (χ1) is 10.4. The molecule has 1 aromatic rings. The molecule has 0 aliphatic carbocycles. The van der Waals surface area contributed by atoms with E-state index in [-0.39, 0.29) is 36.7 Å². The number of hydrogen-bond donors (Lipinski definition) is 2. The number of alkyl halides is 3. The SMILES string of the molecule is CC(CC(=O)N[C@H]1CCCNC1)c1ccc(C(F)(F)F)cc1.Cl. The Labute approximate surface area is 140 Å². The summed E-state index contributed by atoms with van der Waals surface area (Å²) in [4.78, 5) is 12.0. The third-order valence-electron chi connectivity index (χ3n) is 3.96. The van der Waals surface area contributed by atoms with Gasteiger partial charge in [-0.15, -0.1) is 12.4 Å². The van der Waals surface area contributed by atoms with Gasteiger partial charge in [-0.1, -0.05) is 19.1 Å². The molecule has 3 nitrogen and oxygen atoms in total. The molecule has 2 atom stereocenters. The zero-order chi connectivity index (χ0) is 16.2. The summed E-state index contributed by atoms with van der Waals surface area (Å²) in [6, 6.07) is 5.18. The fraction of sp³-hybridized carbons (Fsp3) is 0.562. The molecule has 0 saturated carbocycles. The van der Waals surface area contributed by atoms with Crippen LogP contribution in [0.1, 0.15) is 43.2 Å². The van der Waals surface area contributed by atoms with Crippen LogP contribution >= 0.6 is 12.4 Å². The molecule has 1 aromatic carbocycles. The summed E-state index contributed by atoms with van der Waals surface area (Å²) in [6.45, 7) is 3.61. The van der Waals surface area contributed by atoms with Crippen molar-refractivity contribution < 1.29 is 18.0 Å². The van der Waals surface area contributed by atoms with Crippen molar-refractivity contribution >= 4 is 18.3 Å². The molecule has 1 amide bonds. The Morgan fingerprint density at radius 2 is 2.00 bits per heavy atom. The van der Waals surface area contributed by atoms with Gasteiger partial charge in [0.25, 0.3) is 0 Å². The van der Waals surface area contributed by atoms with Crippen LogP contribution in [-0.2, 0) is 11.0 Å². The third-order valence-corrected chi connectivity index (χ3v) is 3.96. The molecule has 130 valence electrons. The molecule has 1 aliphatic heterocycles. The highest BCUT2D eigenvalue weighted by molar-refractivity contribution is 5.85. The second-order valence-corrected chi connectivity index (χ2v) is 5.84. The van der Waals surface area contributed by atoms with E-state index in [2.05, 4.69) is 10.6 Å². The molecule has 0 spiro atoms. The Hall–Kier alpha value is -1.27. The van der Waals surface area contributed by atoms with Crippen molar-refractivity contribution in [2.75, 3.05) is 13.1 Å². The Morgan fingerprint density at radius 3 is 2.52 bits per heavy atom. The predicted molar refractivity (Wildman–Crippen MR) is 85.8 cm³/mol. The maximum absolute atomic E-state index is 12.5. The van der Waals surface area contributed by atoms with Gasteiger partial charge >= 0.3 is 6.18 Å². The lowest BCUT2D eigenvalue weighted by atomic mass is 9.96. The monoisotopic (exact) mass is 350 g/mol. The highest BCUT2D eigenvalue weighted by Gasteiger charge is 2.30. The van der Waals surface area contributed by atoms with Crippen molar-refractivity contribution in [3.63, 3.8) is 0 Å². The molecule has 2 N–H and O–H groups in total. The molecule has 1 unspecified atom stereocenters. The molecule has 0 aromatic heterocycles. The second-order valence-electron chi connectivity index (χ2n) is 5.84. The number of halogens is 4. The number of rotatable bonds is 4. The van der Waals surface area contributed by atoms with Gasteiger partial charge in [0.2, 0.25) is 5.91 Å². The van der Waals surface area contributed by atoms with Gasteiger partial charge in [0.15, 0.2) is 0 Å². The zero-order valence-corrected chi connectivity index (χ0v) is 13.8. The average Bonchev–Trinajstić information content (AvgIpc) is 2.47. The van der Waals surface area contributed by atoms with Crippen LogP contribution in [0, 0.1) is 0 Å². The highest BCUT2D eigenvalue weighted by atomic mass is 35.5. The molecule has 7 heteroatoms. The van der Waals surface area contributed by atoms with Crippen LogP contribution in [0.4, 0.5) is 13.2 Å². The van der Waals surface area contributed by atoms with Crippen LogP contribution in [0.5, 0.6) is 0 Å². The van der Waals surface area contributed by atoms with E-state index in [1.54, 1.807) is 0 Å². The van der Waals surface area contributed by atoms with Crippen molar-refractivity contribution in [2.45, 2.75) is 44.3 Å². The molecule has 1 heterocycles. The van der Waals surface area contributed by atoms with Gasteiger partial charge in [-0.3, -0.25) is 4.79 Å². The van der Waals surface area contributed by atoms with Crippen molar-refractivity contribution in [1.82, 2.24) is 10.6 Å². The lowest BCUT2D eigenvalue weighted by Crippen LogP contribution is -2.45. The Morgan fingerprint density at radius 1 is 1.35 bits per heavy atom. The maximum Gasteiger partial charge on any atom is 0.416 e. The van der Waals surface area contributed by atoms with Crippen LogP contribution in [0.3, 0.4) is 0 Å². The van der Waals surface area contributed by atoms with Gasteiger partial charge in [0.1, 0.15) is 0 Å². The molecule has 1 fully saturated rings. The van der Waals surface area contributed by atoms with Crippen LogP contribution in [0.2, 0.25) is 0 Å². The first-order valence-corrected chi connectivity index (χ1v) is 7.53. The topological polar surface area (TPSA) is 41.1 Å². The van der Waals surface area contributed by atoms with Crippen molar-refractivity contribution in [2.24, 2.45) is 0 Å². The van der Waals surface area contributed by atoms with Crippen molar-refractivity contribution in [3.05, 3.63) is 35.4 Å². The first kappa shape index (κ1) is 19.8. The largest absolute Gasteiger partial charge is 0.416 e. The van der Waals surface area contributed by atoms with E-state index in [0.29, 0.717) is 0 Å². The fourth-order valence-electron chi connectivity index (χ4n) is 2.66. The van der Waals surface area contributed by atoms with Gasteiger partial charge in [-0.2, -0.15) is 13.2 Å². The van der Waals surface area contributed by atoms with Gasteiger partial charge in [-0.25, -0.2) is 0 Å². The molecule has 2 rings (SSSR count). The Balaban J connectivity index is 0.00000264. The molecule has 1 saturated heterocycles. The average molecular weight is 351 g/mol. The summed E-state index contributed by atoms with van der Waals surface area (Å²) in [5, 5.41) is 6.20. The molecule has 23 heavy (non-hydrogen) atoms. The van der Waals surface area contributed by atoms with E-state index in [0.717, 1.165) is 43.6 Å². The number of carbonyl (C=O) groups is 1. The van der Waals surface area contributed by atoms with E-state index in [1.807, 2.05) is 6.92 Å². The van der Waals surface area contributed by atoms with E-state index in [4.69, 9.17) is 0 Å². The van der Waals surface area contributed by atoms with Gasteiger partial charge < -0.3 is 10.6 Å². The Bertz CT molecular complexity index is 499. The molecule has 1 aliphatic rings. The normalized spacial score (nSPS) is 19.6.